The zero-order valence-electron chi connectivity index (χ0n) is 16.7. The summed E-state index contributed by atoms with van der Waals surface area (Å²) in [5, 5.41) is 5.48. The van der Waals surface area contributed by atoms with E-state index in [0.717, 1.165) is 0 Å². The number of nitrogens with one attached hydrogen (secondary N) is 2. The lowest BCUT2D eigenvalue weighted by Gasteiger charge is -2.25. The number of cyclic esters (lactones) is 1. The number of esters is 1. The molecule has 10 heteroatoms. The number of hydrogen-bond donors (Lipinski definition) is 2. The van der Waals surface area contributed by atoms with Gasteiger partial charge in [0, 0.05) is 30.2 Å². The number of carbonyl (C=O) groups is 4. The maximum absolute atomic E-state index is 12.9. The van der Waals surface area contributed by atoms with Gasteiger partial charge in [0.15, 0.2) is 0 Å². The molecule has 0 aliphatic carbocycles. The smallest absolute Gasteiger partial charge is 0.310 e. The lowest BCUT2D eigenvalue weighted by atomic mass is 10.2. The third-order valence-electron chi connectivity index (χ3n) is 4.72. The molecule has 2 aliphatic rings. The molecule has 1 aromatic rings. The number of benzene rings is 1. The molecule has 0 bridgehead atoms. The molecule has 0 saturated carbocycles. The molecule has 3 rings (SSSR count). The molecule has 0 aromatic heterocycles. The highest BCUT2D eigenvalue weighted by atomic mass is 32.2. The maximum atomic E-state index is 12.9. The van der Waals surface area contributed by atoms with Gasteiger partial charge in [-0.1, -0.05) is 18.2 Å². The Hall–Kier alpha value is -2.59. The van der Waals surface area contributed by atoms with Gasteiger partial charge in [0.05, 0.1) is 13.0 Å². The quantitative estimate of drug-likeness (QED) is 0.586. The summed E-state index contributed by atoms with van der Waals surface area (Å²) < 4.78 is 10.4. The number of rotatable bonds is 7. The number of hydrogen-bond acceptors (Lipinski definition) is 7. The third-order valence-corrected chi connectivity index (χ3v) is 5.76. The van der Waals surface area contributed by atoms with Gasteiger partial charge in [-0.05, 0) is 19.1 Å². The summed E-state index contributed by atoms with van der Waals surface area (Å²) in [5.41, 5.74) is 0.469. The topological polar surface area (TPSA) is 114 Å². The summed E-state index contributed by atoms with van der Waals surface area (Å²) in [7, 11) is 0. The van der Waals surface area contributed by atoms with Crippen LogP contribution in [0.1, 0.15) is 23.7 Å². The second-order valence-corrected chi connectivity index (χ2v) is 8.07. The summed E-state index contributed by atoms with van der Waals surface area (Å²) >= 11 is 1.54. The van der Waals surface area contributed by atoms with Crippen molar-refractivity contribution in [3.63, 3.8) is 0 Å². The number of thioether (sulfide) groups is 1. The fourth-order valence-corrected chi connectivity index (χ4v) is 4.24. The fraction of sp³-hybridized carbons (Fsp3) is 0.500. The van der Waals surface area contributed by atoms with Gasteiger partial charge in [0.1, 0.15) is 12.1 Å². The van der Waals surface area contributed by atoms with Crippen LogP contribution in [0.3, 0.4) is 0 Å². The van der Waals surface area contributed by atoms with Crippen molar-refractivity contribution in [3.8, 4) is 0 Å². The molecule has 2 aliphatic heterocycles. The normalized spacial score (nSPS) is 24.2. The zero-order valence-corrected chi connectivity index (χ0v) is 17.5. The fourth-order valence-electron chi connectivity index (χ4n) is 3.26. The van der Waals surface area contributed by atoms with Crippen LogP contribution in [-0.2, 0) is 23.9 Å². The van der Waals surface area contributed by atoms with Crippen LogP contribution in [0, 0.1) is 0 Å². The van der Waals surface area contributed by atoms with Crippen molar-refractivity contribution < 1.29 is 28.7 Å². The molecule has 3 atom stereocenters. The summed E-state index contributed by atoms with van der Waals surface area (Å²) in [5.74, 6) is -0.390. The Morgan fingerprint density at radius 1 is 1.23 bits per heavy atom. The van der Waals surface area contributed by atoms with Crippen LogP contribution < -0.4 is 10.6 Å². The van der Waals surface area contributed by atoms with Gasteiger partial charge in [-0.3, -0.25) is 19.2 Å². The molecule has 2 heterocycles. The maximum Gasteiger partial charge on any atom is 0.310 e. The van der Waals surface area contributed by atoms with E-state index in [4.69, 9.17) is 9.47 Å². The Labute approximate surface area is 178 Å². The largest absolute Gasteiger partial charge is 0.433 e. The molecular weight excluding hydrogens is 410 g/mol. The molecule has 3 amide bonds. The predicted octanol–water partition coefficient (Wildman–Crippen LogP) is 0.155. The van der Waals surface area contributed by atoms with Crippen molar-refractivity contribution in [2.45, 2.75) is 31.7 Å². The van der Waals surface area contributed by atoms with Crippen LogP contribution >= 0.6 is 11.8 Å². The van der Waals surface area contributed by atoms with Crippen molar-refractivity contribution in [3.05, 3.63) is 35.9 Å². The van der Waals surface area contributed by atoms with Crippen molar-refractivity contribution in [1.82, 2.24) is 15.5 Å². The average molecular weight is 436 g/mol. The summed E-state index contributed by atoms with van der Waals surface area (Å²) in [4.78, 5) is 50.8. The van der Waals surface area contributed by atoms with E-state index in [0.29, 0.717) is 30.2 Å². The minimum absolute atomic E-state index is 0.0238. The van der Waals surface area contributed by atoms with Crippen LogP contribution in [0.15, 0.2) is 30.3 Å². The Morgan fingerprint density at radius 3 is 2.73 bits per heavy atom. The van der Waals surface area contributed by atoms with Gasteiger partial charge in [-0.2, -0.15) is 11.8 Å². The van der Waals surface area contributed by atoms with E-state index >= 15 is 0 Å². The number of amides is 3. The highest BCUT2D eigenvalue weighted by Gasteiger charge is 2.37. The van der Waals surface area contributed by atoms with Crippen molar-refractivity contribution in [2.24, 2.45) is 0 Å². The lowest BCUT2D eigenvalue weighted by Crippen LogP contribution is -2.52. The first kappa shape index (κ1) is 22.1. The predicted molar refractivity (Wildman–Crippen MR) is 110 cm³/mol. The molecule has 30 heavy (non-hydrogen) atoms. The minimum Gasteiger partial charge on any atom is -0.433 e. The monoisotopic (exact) mass is 435 g/mol. The second-order valence-electron chi connectivity index (χ2n) is 6.92. The van der Waals surface area contributed by atoms with E-state index in [1.165, 1.54) is 4.90 Å². The van der Waals surface area contributed by atoms with Crippen LogP contribution in [0.2, 0.25) is 0 Å². The molecular formula is C20H25N3O6S. The summed E-state index contributed by atoms with van der Waals surface area (Å²) in [6, 6.07) is 7.36. The summed E-state index contributed by atoms with van der Waals surface area (Å²) in [6.07, 6.45) is -0.796. The second kappa shape index (κ2) is 10.4. The van der Waals surface area contributed by atoms with Gasteiger partial charge >= 0.3 is 5.97 Å². The van der Waals surface area contributed by atoms with E-state index in [9.17, 15) is 19.2 Å². The molecule has 0 radical (unpaired) electrons. The SMILES string of the molecule is CCOC1OC(=O)C[C@@H]1NC(=O)CN1CCSC[C@H](NC(=O)c2ccccc2)C1=O. The molecule has 2 N–H and O–H groups in total. The Kier molecular flexibility index (Phi) is 7.69. The first-order valence-electron chi connectivity index (χ1n) is 9.80. The number of carbonyl (C=O) groups excluding carboxylic acids is 4. The van der Waals surface area contributed by atoms with Gasteiger partial charge in [-0.25, -0.2) is 0 Å². The zero-order chi connectivity index (χ0) is 21.5. The van der Waals surface area contributed by atoms with Crippen LogP contribution in [0.5, 0.6) is 0 Å². The first-order chi connectivity index (χ1) is 14.5. The number of nitrogens with zero attached hydrogens (tertiary/aromatic N) is 1. The van der Waals surface area contributed by atoms with Gasteiger partial charge in [0.2, 0.25) is 18.1 Å². The Morgan fingerprint density at radius 2 is 2.00 bits per heavy atom. The van der Waals surface area contributed by atoms with Crippen LogP contribution in [0.25, 0.3) is 0 Å². The van der Waals surface area contributed by atoms with Crippen LogP contribution in [0.4, 0.5) is 0 Å². The average Bonchev–Trinajstić information content (AvgIpc) is 2.98. The molecule has 2 fully saturated rings. The molecule has 9 nitrogen and oxygen atoms in total. The molecule has 1 aromatic carbocycles. The van der Waals surface area contributed by atoms with Crippen LogP contribution in [-0.4, -0.2) is 78.2 Å². The van der Waals surface area contributed by atoms with Gasteiger partial charge < -0.3 is 25.0 Å². The number of ether oxygens (including phenoxy) is 2. The summed E-state index contributed by atoms with van der Waals surface area (Å²) in [6.45, 7) is 2.33. The molecule has 1 unspecified atom stereocenters. The van der Waals surface area contributed by atoms with E-state index in [1.54, 1.807) is 43.0 Å². The van der Waals surface area contributed by atoms with Gasteiger partial charge in [-0.15, -0.1) is 0 Å². The lowest BCUT2D eigenvalue weighted by molar-refractivity contribution is -0.164. The third kappa shape index (κ3) is 5.73. The first-order valence-corrected chi connectivity index (χ1v) is 11.0. The highest BCUT2D eigenvalue weighted by molar-refractivity contribution is 7.99. The highest BCUT2D eigenvalue weighted by Crippen LogP contribution is 2.17. The van der Waals surface area contributed by atoms with E-state index in [-0.39, 0.29) is 24.8 Å². The van der Waals surface area contributed by atoms with Crippen molar-refractivity contribution in [1.29, 1.82) is 0 Å². The standard InChI is InChI=1S/C20H25N3O6S/c1-2-28-20-14(10-17(25)29-20)21-16(24)11-23-8-9-30-12-15(19(23)27)22-18(26)13-6-4-3-5-7-13/h3-7,14-15,20H,2,8-12H2,1H3,(H,21,24)(H,22,26)/t14-,15-,20?/m0/s1. The Bertz CT molecular complexity index is 790. The van der Waals surface area contributed by atoms with Crippen molar-refractivity contribution in [2.75, 3.05) is 31.2 Å². The van der Waals surface area contributed by atoms with E-state index < -0.39 is 30.3 Å². The Balaban J connectivity index is 1.58. The molecule has 0 spiro atoms. The van der Waals surface area contributed by atoms with Gasteiger partial charge in [0.25, 0.3) is 5.91 Å². The van der Waals surface area contributed by atoms with E-state index in [2.05, 4.69) is 10.6 Å². The van der Waals surface area contributed by atoms with Crippen molar-refractivity contribution >= 4 is 35.5 Å². The molecule has 2 saturated heterocycles. The minimum atomic E-state index is -0.820. The van der Waals surface area contributed by atoms with E-state index in [1.807, 2.05) is 6.07 Å². The molecule has 162 valence electrons.